The molecule has 9 heterocycles. The first-order chi connectivity index (χ1) is 30.1. The van der Waals surface area contributed by atoms with Crippen LogP contribution in [0, 0.1) is 20.8 Å². The second kappa shape index (κ2) is 16.8. The van der Waals surface area contributed by atoms with Gasteiger partial charge in [-0.1, -0.05) is 41.5 Å². The fourth-order valence-corrected chi connectivity index (χ4v) is 11.1. The highest BCUT2D eigenvalue weighted by molar-refractivity contribution is 5.96. The number of hydrogen-bond acceptors (Lipinski definition) is 9. The lowest BCUT2D eigenvalue weighted by molar-refractivity contribution is -0.202. The molecule has 6 aliphatic heterocycles. The van der Waals surface area contributed by atoms with Gasteiger partial charge in [-0.3, -0.25) is 28.8 Å². The number of carbonyl (C=O) groups is 3. The molecular weight excluding hydrogens is 817 g/mol. The van der Waals surface area contributed by atoms with Gasteiger partial charge in [0.25, 0.3) is 17.7 Å². The Morgan fingerprint density at radius 3 is 1.55 bits per heavy atom. The Kier molecular flexibility index (Phi) is 12.0. The Bertz CT molecular complexity index is 2590. The van der Waals surface area contributed by atoms with Gasteiger partial charge in [-0.15, -0.1) is 0 Å². The van der Waals surface area contributed by atoms with Crippen molar-refractivity contribution in [1.29, 1.82) is 0 Å². The third-order valence-corrected chi connectivity index (χ3v) is 14.5. The van der Waals surface area contributed by atoms with Gasteiger partial charge in [0.1, 0.15) is 17.1 Å². The molecule has 0 spiro atoms. The van der Waals surface area contributed by atoms with Crippen molar-refractivity contribution in [3.05, 3.63) is 99.7 Å². The van der Waals surface area contributed by atoms with Crippen LogP contribution in [-0.4, -0.2) is 102 Å². The van der Waals surface area contributed by atoms with Gasteiger partial charge >= 0.3 is 0 Å². The van der Waals surface area contributed by atoms with Gasteiger partial charge in [0, 0.05) is 64.1 Å². The van der Waals surface area contributed by atoms with E-state index in [4.69, 9.17) is 14.2 Å². The Hall–Kier alpha value is -4.86. The zero-order valence-corrected chi connectivity index (χ0v) is 39.6. The third-order valence-electron chi connectivity index (χ3n) is 14.5. The normalized spacial score (nSPS) is 27.6. The average molecular weight is 883 g/mol. The van der Waals surface area contributed by atoms with Gasteiger partial charge in [0.2, 0.25) is 0 Å². The van der Waals surface area contributed by atoms with E-state index in [1.165, 1.54) is 0 Å². The van der Waals surface area contributed by atoms with Gasteiger partial charge in [-0.05, 0) is 85.0 Å². The molecule has 346 valence electrons. The number of aromatic nitrogens is 3. The molecule has 1 saturated carbocycles. The minimum Gasteiger partial charge on any atom is -0.356 e. The van der Waals surface area contributed by atoms with Gasteiger partial charge < -0.3 is 42.6 Å². The molecule has 2 bridgehead atoms. The lowest BCUT2D eigenvalue weighted by Gasteiger charge is -2.51. The lowest BCUT2D eigenvalue weighted by Crippen LogP contribution is -2.64. The smallest absolute Gasteiger partial charge is 0.273 e. The van der Waals surface area contributed by atoms with Crippen LogP contribution in [0.25, 0.3) is 0 Å². The molecule has 3 amide bonds. The van der Waals surface area contributed by atoms with E-state index in [1.54, 1.807) is 30.6 Å². The molecule has 64 heavy (non-hydrogen) atoms. The maximum absolute atomic E-state index is 13.2. The zero-order valence-electron chi connectivity index (χ0n) is 39.6. The van der Waals surface area contributed by atoms with Crippen LogP contribution in [0.4, 0.5) is 0 Å². The van der Waals surface area contributed by atoms with Gasteiger partial charge in [-0.25, -0.2) is 0 Å². The van der Waals surface area contributed by atoms with E-state index >= 15 is 0 Å². The van der Waals surface area contributed by atoms with Crippen molar-refractivity contribution in [2.45, 2.75) is 189 Å². The second-order valence-electron chi connectivity index (χ2n) is 20.1. The van der Waals surface area contributed by atoms with Crippen LogP contribution in [0.5, 0.6) is 0 Å². The van der Waals surface area contributed by atoms with E-state index in [9.17, 15) is 28.8 Å². The van der Waals surface area contributed by atoms with E-state index < -0.39 is 5.72 Å². The first-order valence-corrected chi connectivity index (χ1v) is 23.3. The van der Waals surface area contributed by atoms with Crippen molar-refractivity contribution in [1.82, 2.24) is 28.4 Å². The quantitative estimate of drug-likeness (QED) is 0.320. The average Bonchev–Trinajstić information content (AvgIpc) is 3.80. The van der Waals surface area contributed by atoms with Gasteiger partial charge in [-0.2, -0.15) is 0 Å². The second-order valence-corrected chi connectivity index (χ2v) is 20.1. The topological polar surface area (TPSA) is 155 Å². The molecule has 3 saturated heterocycles. The van der Waals surface area contributed by atoms with Crippen molar-refractivity contribution < 1.29 is 28.6 Å². The predicted octanol–water partition coefficient (Wildman–Crippen LogP) is 5.75. The first-order valence-electron chi connectivity index (χ1n) is 23.3. The molecule has 1 aliphatic carbocycles. The number of carbonyl (C=O) groups excluding carboxylic acids is 3. The molecular formula is C49H66N6O9. The molecule has 0 N–H and O–H groups in total. The Balaban J connectivity index is 0.000000132. The van der Waals surface area contributed by atoms with E-state index in [2.05, 4.69) is 0 Å². The highest BCUT2D eigenvalue weighted by atomic mass is 16.5. The maximum Gasteiger partial charge on any atom is 0.273 e. The zero-order chi connectivity index (χ0) is 46.4. The number of fused-ring (bicyclic) bond motifs is 9. The summed E-state index contributed by atoms with van der Waals surface area (Å²) in [5.41, 5.74) is 4.98. The van der Waals surface area contributed by atoms with Crippen LogP contribution in [0.15, 0.2) is 33.0 Å². The third kappa shape index (κ3) is 7.48. The van der Waals surface area contributed by atoms with E-state index in [0.717, 1.165) is 42.4 Å². The maximum atomic E-state index is 13.2. The molecule has 10 rings (SSSR count). The fourth-order valence-electron chi connectivity index (χ4n) is 11.1. The fraction of sp³-hybridized carbons (Fsp3) is 0.633. The molecule has 7 atom stereocenters. The van der Waals surface area contributed by atoms with Crippen LogP contribution >= 0.6 is 0 Å². The molecule has 15 heteroatoms. The Labute approximate surface area is 375 Å². The minimum atomic E-state index is -0.593. The van der Waals surface area contributed by atoms with Crippen molar-refractivity contribution in [2.75, 3.05) is 13.2 Å². The summed E-state index contributed by atoms with van der Waals surface area (Å²) in [5.74, 6) is 0.223. The largest absolute Gasteiger partial charge is 0.356 e. The highest BCUT2D eigenvalue weighted by Crippen LogP contribution is 2.44. The molecule has 3 aromatic rings. The number of amides is 3. The summed E-state index contributed by atoms with van der Waals surface area (Å²) in [5, 5.41) is 0. The summed E-state index contributed by atoms with van der Waals surface area (Å²) in [7, 11) is 0. The highest BCUT2D eigenvalue weighted by Gasteiger charge is 2.54. The molecule has 7 aliphatic rings. The molecule has 0 radical (unpaired) electrons. The number of pyridine rings is 3. The monoisotopic (exact) mass is 882 g/mol. The number of ether oxygens (including phenoxy) is 3. The summed E-state index contributed by atoms with van der Waals surface area (Å²) in [6, 6.07) is 0.476. The molecule has 4 fully saturated rings. The summed E-state index contributed by atoms with van der Waals surface area (Å²) < 4.78 is 23.5. The molecule has 15 nitrogen and oxygen atoms in total. The van der Waals surface area contributed by atoms with Crippen LogP contribution < -0.4 is 16.3 Å². The van der Waals surface area contributed by atoms with Gasteiger partial charge in [0.15, 0.2) is 34.5 Å². The summed E-state index contributed by atoms with van der Waals surface area (Å²) >= 11 is 0. The molecule has 0 aromatic carbocycles. The first kappa shape index (κ1) is 45.7. The molecule has 0 unspecified atom stereocenters. The van der Waals surface area contributed by atoms with Crippen LogP contribution in [0.1, 0.15) is 171 Å². The van der Waals surface area contributed by atoms with Crippen molar-refractivity contribution in [3.63, 3.8) is 0 Å². The van der Waals surface area contributed by atoms with Crippen LogP contribution in [0.2, 0.25) is 0 Å². The van der Waals surface area contributed by atoms with E-state index in [-0.39, 0.29) is 88.4 Å². The van der Waals surface area contributed by atoms with E-state index in [1.807, 2.05) is 99.5 Å². The summed E-state index contributed by atoms with van der Waals surface area (Å²) in [4.78, 5) is 81.5. The minimum absolute atomic E-state index is 0.00503. The standard InChI is InChI=1S/C18H24N2O3.C16H22N2O3.C15H20N2O3/c1-10(2)14-8-19-9-18(4)20(12-5-6-13(7-12)23-18)17(22)15(19)11(3)16(14)21;1-9(2)12-7-17-8-13-18(10(3)5-6-21-13)16(20)14(17)11(4)15(12)19;1-8(2)11-5-16-6-12-17(9(3)7-20-12)15(19)13(16)10(4)14(11)18/h8,10,12-13H,5-7,9H2,1-4H3;7,9-10,13H,5-6,8H2,1-4H3;5,8-9,12H,6-7H2,1-4H3/t12-,13+,18+;10-,13+;9-,12+/m000/s1. The Morgan fingerprint density at radius 1 is 0.594 bits per heavy atom. The van der Waals surface area contributed by atoms with Crippen molar-refractivity contribution in [3.8, 4) is 0 Å². The van der Waals surface area contributed by atoms with Gasteiger partial charge in [0.05, 0.1) is 45.0 Å². The SMILES string of the molecule is Cc1c2n(cc(C(C)C)c1=O)C[C@@]1(C)O[C@@H]3CC[C@@H](C3)N1C2=O.Cc1c2n(cc(C(C)C)c1=O)C[C@H]1OCC[C@H](C)N1C2=O.Cc1c2n(cc(C(C)C)c1=O)C[C@H]1OC[C@H](C)N1C2=O. The van der Waals surface area contributed by atoms with E-state index in [0.29, 0.717) is 66.6 Å². The lowest BCUT2D eigenvalue weighted by atomic mass is 9.96. The number of nitrogens with zero attached hydrogens (tertiary/aromatic N) is 6. The predicted molar refractivity (Wildman–Crippen MR) is 241 cm³/mol. The van der Waals surface area contributed by atoms with Crippen LogP contribution in [0.3, 0.4) is 0 Å². The summed E-state index contributed by atoms with van der Waals surface area (Å²) in [6.45, 7) is 26.4. The Morgan fingerprint density at radius 2 is 1.05 bits per heavy atom. The number of rotatable bonds is 3. The van der Waals surface area contributed by atoms with Crippen molar-refractivity contribution >= 4 is 17.7 Å². The van der Waals surface area contributed by atoms with Crippen molar-refractivity contribution in [2.24, 2.45) is 0 Å². The molecule has 3 aromatic heterocycles. The summed E-state index contributed by atoms with van der Waals surface area (Å²) in [6.07, 6.45) is 9.18. The van der Waals surface area contributed by atoms with Crippen LogP contribution in [-0.2, 0) is 33.8 Å². The number of hydrogen-bond donors (Lipinski definition) is 0.